The number of benzene rings is 2. The van der Waals surface area contributed by atoms with Crippen LogP contribution in [0, 0.1) is 0 Å². The molecule has 0 bridgehead atoms. The van der Waals surface area contributed by atoms with Crippen molar-refractivity contribution >= 4 is 22.6 Å². The highest BCUT2D eigenvalue weighted by Gasteiger charge is 2.12. The fourth-order valence-corrected chi connectivity index (χ4v) is 3.12. The van der Waals surface area contributed by atoms with Gasteiger partial charge in [-0.1, -0.05) is 12.1 Å². The zero-order valence-electron chi connectivity index (χ0n) is 17.6. The third kappa shape index (κ3) is 4.60. The number of nitrogens with one attached hydrogen (secondary N) is 1. The Morgan fingerprint density at radius 3 is 2.67 bits per heavy atom. The Balaban J connectivity index is 1.98. The first-order valence-electron chi connectivity index (χ1n) is 9.60. The van der Waals surface area contributed by atoms with E-state index < -0.39 is 0 Å². The standard InChI is InChI=1S/C22H26N4O4/c1-15(17-11-10-16(29-3)14-20(17)30-4)24-25-22-23-19-9-6-5-8-18(19)21(27)26(22)12-7-13-28-2/h5-6,8-11,14H,7,12-13H2,1-4H3,(H,23,25)/b24-15-. The van der Waals surface area contributed by atoms with Gasteiger partial charge in [-0.25, -0.2) is 10.4 Å². The van der Waals surface area contributed by atoms with Crippen LogP contribution in [0.2, 0.25) is 0 Å². The smallest absolute Gasteiger partial charge is 0.262 e. The zero-order chi connectivity index (χ0) is 21.5. The third-order valence-electron chi connectivity index (χ3n) is 4.71. The summed E-state index contributed by atoms with van der Waals surface area (Å²) in [4.78, 5) is 17.6. The van der Waals surface area contributed by atoms with Crippen LogP contribution in [0.15, 0.2) is 52.4 Å². The Hall–Kier alpha value is -3.39. The summed E-state index contributed by atoms with van der Waals surface area (Å²) in [5, 5.41) is 5.03. The highest BCUT2D eigenvalue weighted by molar-refractivity contribution is 6.01. The maximum atomic E-state index is 13.0. The van der Waals surface area contributed by atoms with Gasteiger partial charge in [-0.05, 0) is 37.6 Å². The topological polar surface area (TPSA) is 87.0 Å². The van der Waals surface area contributed by atoms with Gasteiger partial charge in [-0.2, -0.15) is 5.10 Å². The van der Waals surface area contributed by atoms with Crippen LogP contribution in [0.5, 0.6) is 11.5 Å². The van der Waals surface area contributed by atoms with Crippen molar-refractivity contribution in [2.75, 3.05) is 33.4 Å². The second-order valence-electron chi connectivity index (χ2n) is 6.63. The molecule has 0 spiro atoms. The maximum Gasteiger partial charge on any atom is 0.262 e. The van der Waals surface area contributed by atoms with Gasteiger partial charge < -0.3 is 14.2 Å². The molecule has 0 aliphatic heterocycles. The maximum absolute atomic E-state index is 13.0. The predicted molar refractivity (Wildman–Crippen MR) is 118 cm³/mol. The SMILES string of the molecule is COCCCn1c(N/N=C(/C)c2ccc(OC)cc2OC)nc2ccccc2c1=O. The Kier molecular flexibility index (Phi) is 7.03. The first-order valence-corrected chi connectivity index (χ1v) is 9.60. The Labute approximate surface area is 175 Å². The van der Waals surface area contributed by atoms with Crippen LogP contribution in [0.1, 0.15) is 18.9 Å². The van der Waals surface area contributed by atoms with E-state index in [9.17, 15) is 4.79 Å². The lowest BCUT2D eigenvalue weighted by Gasteiger charge is -2.14. The summed E-state index contributed by atoms with van der Waals surface area (Å²) in [6, 6.07) is 12.8. The molecule has 1 N–H and O–H groups in total. The van der Waals surface area contributed by atoms with Gasteiger partial charge in [0.2, 0.25) is 5.95 Å². The molecule has 0 radical (unpaired) electrons. The van der Waals surface area contributed by atoms with E-state index in [-0.39, 0.29) is 5.56 Å². The number of nitrogens with zero attached hydrogens (tertiary/aromatic N) is 3. The molecule has 2 aromatic carbocycles. The lowest BCUT2D eigenvalue weighted by atomic mass is 10.1. The molecule has 0 saturated carbocycles. The van der Waals surface area contributed by atoms with E-state index in [0.29, 0.717) is 53.6 Å². The van der Waals surface area contributed by atoms with E-state index in [0.717, 1.165) is 5.56 Å². The Bertz CT molecular complexity index is 1110. The summed E-state index contributed by atoms with van der Waals surface area (Å²) >= 11 is 0. The van der Waals surface area contributed by atoms with Gasteiger partial charge in [-0.3, -0.25) is 9.36 Å². The summed E-state index contributed by atoms with van der Waals surface area (Å²) in [6.07, 6.45) is 0.681. The number of hydrazone groups is 1. The van der Waals surface area contributed by atoms with Crippen LogP contribution in [0.4, 0.5) is 5.95 Å². The number of ether oxygens (including phenoxy) is 3. The first-order chi connectivity index (χ1) is 14.6. The summed E-state index contributed by atoms with van der Waals surface area (Å²) < 4.78 is 17.4. The van der Waals surface area contributed by atoms with Gasteiger partial charge in [0, 0.05) is 31.9 Å². The zero-order valence-corrected chi connectivity index (χ0v) is 17.6. The second-order valence-corrected chi connectivity index (χ2v) is 6.63. The molecular formula is C22H26N4O4. The molecule has 0 atom stereocenters. The average molecular weight is 410 g/mol. The van der Waals surface area contributed by atoms with E-state index in [4.69, 9.17) is 14.2 Å². The third-order valence-corrected chi connectivity index (χ3v) is 4.71. The van der Waals surface area contributed by atoms with Gasteiger partial charge in [0.25, 0.3) is 5.56 Å². The van der Waals surface area contributed by atoms with Crippen molar-refractivity contribution in [1.29, 1.82) is 0 Å². The van der Waals surface area contributed by atoms with E-state index >= 15 is 0 Å². The minimum Gasteiger partial charge on any atom is -0.497 e. The number of aromatic nitrogens is 2. The summed E-state index contributed by atoms with van der Waals surface area (Å²) in [7, 11) is 4.83. The molecule has 3 rings (SSSR count). The van der Waals surface area contributed by atoms with Crippen molar-refractivity contribution in [2.45, 2.75) is 19.9 Å². The first kappa shape index (κ1) is 21.3. The minimum atomic E-state index is -0.117. The molecular weight excluding hydrogens is 384 g/mol. The van der Waals surface area contributed by atoms with Crippen molar-refractivity contribution < 1.29 is 14.2 Å². The minimum absolute atomic E-state index is 0.117. The molecule has 1 aromatic heterocycles. The molecule has 3 aromatic rings. The van der Waals surface area contributed by atoms with Crippen molar-refractivity contribution in [3.63, 3.8) is 0 Å². The molecule has 30 heavy (non-hydrogen) atoms. The molecule has 0 amide bonds. The van der Waals surface area contributed by atoms with Gasteiger partial charge >= 0.3 is 0 Å². The van der Waals surface area contributed by atoms with Crippen molar-refractivity contribution in [2.24, 2.45) is 5.10 Å². The van der Waals surface area contributed by atoms with Crippen LogP contribution in [-0.2, 0) is 11.3 Å². The van der Waals surface area contributed by atoms with Crippen LogP contribution in [0.3, 0.4) is 0 Å². The van der Waals surface area contributed by atoms with E-state index in [1.165, 1.54) is 0 Å². The number of fused-ring (bicyclic) bond motifs is 1. The average Bonchev–Trinajstić information content (AvgIpc) is 2.78. The fraction of sp³-hybridized carbons (Fsp3) is 0.318. The summed E-state index contributed by atoms with van der Waals surface area (Å²) in [5.74, 6) is 1.71. The Morgan fingerprint density at radius 2 is 1.93 bits per heavy atom. The molecule has 8 heteroatoms. The highest BCUT2D eigenvalue weighted by Crippen LogP contribution is 2.25. The van der Waals surface area contributed by atoms with Crippen molar-refractivity contribution in [1.82, 2.24) is 9.55 Å². The quantitative estimate of drug-likeness (QED) is 0.331. The molecule has 1 heterocycles. The number of hydrogen-bond donors (Lipinski definition) is 1. The van der Waals surface area contributed by atoms with Gasteiger partial charge in [0.15, 0.2) is 0 Å². The second kappa shape index (κ2) is 9.89. The summed E-state index contributed by atoms with van der Waals surface area (Å²) in [6.45, 7) is 2.86. The summed E-state index contributed by atoms with van der Waals surface area (Å²) in [5.41, 5.74) is 4.95. The lowest BCUT2D eigenvalue weighted by Crippen LogP contribution is -2.25. The van der Waals surface area contributed by atoms with Gasteiger partial charge in [-0.15, -0.1) is 0 Å². The van der Waals surface area contributed by atoms with Crippen molar-refractivity contribution in [3.05, 3.63) is 58.4 Å². The normalized spacial score (nSPS) is 11.5. The molecule has 8 nitrogen and oxygen atoms in total. The molecule has 0 aliphatic carbocycles. The highest BCUT2D eigenvalue weighted by atomic mass is 16.5. The van der Waals surface area contributed by atoms with Crippen molar-refractivity contribution in [3.8, 4) is 11.5 Å². The Morgan fingerprint density at radius 1 is 1.13 bits per heavy atom. The molecule has 0 unspecified atom stereocenters. The predicted octanol–water partition coefficient (Wildman–Crippen LogP) is 3.29. The van der Waals surface area contributed by atoms with E-state index in [1.54, 1.807) is 38.0 Å². The van der Waals surface area contributed by atoms with Gasteiger partial charge in [0.1, 0.15) is 11.5 Å². The number of anilines is 1. The molecule has 158 valence electrons. The number of para-hydroxylation sites is 1. The van der Waals surface area contributed by atoms with Crippen LogP contribution < -0.4 is 20.5 Å². The monoisotopic (exact) mass is 410 g/mol. The lowest BCUT2D eigenvalue weighted by molar-refractivity contribution is 0.190. The van der Waals surface area contributed by atoms with E-state index in [2.05, 4.69) is 15.5 Å². The number of hydrogen-bond acceptors (Lipinski definition) is 7. The molecule has 0 saturated heterocycles. The number of rotatable bonds is 9. The van der Waals surface area contributed by atoms with Crippen LogP contribution in [-0.4, -0.2) is 43.2 Å². The largest absolute Gasteiger partial charge is 0.497 e. The molecule has 0 fully saturated rings. The van der Waals surface area contributed by atoms with Crippen LogP contribution in [0.25, 0.3) is 10.9 Å². The molecule has 0 aliphatic rings. The van der Waals surface area contributed by atoms with E-state index in [1.807, 2.05) is 37.3 Å². The van der Waals surface area contributed by atoms with Crippen LogP contribution >= 0.6 is 0 Å². The number of methoxy groups -OCH3 is 3. The van der Waals surface area contributed by atoms with Gasteiger partial charge in [0.05, 0.1) is 30.8 Å². The fourth-order valence-electron chi connectivity index (χ4n) is 3.12.